The van der Waals surface area contributed by atoms with E-state index in [1.807, 2.05) is 31.2 Å². The molecule has 0 aliphatic heterocycles. The molecule has 1 aromatic heterocycles. The lowest BCUT2D eigenvalue weighted by Crippen LogP contribution is -2.01. The van der Waals surface area contributed by atoms with Crippen LogP contribution in [-0.2, 0) is 6.42 Å². The Hall–Kier alpha value is -2.04. The van der Waals surface area contributed by atoms with E-state index in [0.29, 0.717) is 24.5 Å². The molecule has 2 rings (SSSR count). The number of nitrogen functional groups attached to an aromatic ring is 1. The Morgan fingerprint density at radius 3 is 2.65 bits per heavy atom. The number of hydrogen-bond acceptors (Lipinski definition) is 5. The van der Waals surface area contributed by atoms with Crippen molar-refractivity contribution in [3.63, 3.8) is 0 Å². The first kappa shape index (κ1) is 11.4. The maximum Gasteiger partial charge on any atom is 0.191 e. The van der Waals surface area contributed by atoms with Crippen LogP contribution in [-0.4, -0.2) is 16.9 Å². The maximum atomic E-state index is 5.58. The molecule has 0 bridgehead atoms. The zero-order valence-corrected chi connectivity index (χ0v) is 9.72. The SMILES string of the molecule is Cc1ccc(OCCCc2nonc2N)cc1. The summed E-state index contributed by atoms with van der Waals surface area (Å²) in [7, 11) is 0. The molecule has 1 aromatic carbocycles. The van der Waals surface area contributed by atoms with Gasteiger partial charge in [-0.2, -0.15) is 0 Å². The van der Waals surface area contributed by atoms with Crippen molar-refractivity contribution in [1.82, 2.24) is 10.3 Å². The topological polar surface area (TPSA) is 74.2 Å². The summed E-state index contributed by atoms with van der Waals surface area (Å²) in [6.45, 7) is 2.67. The summed E-state index contributed by atoms with van der Waals surface area (Å²) < 4.78 is 10.1. The van der Waals surface area contributed by atoms with E-state index in [-0.39, 0.29) is 0 Å². The lowest BCUT2D eigenvalue weighted by atomic mass is 10.2. The highest BCUT2D eigenvalue weighted by molar-refractivity contribution is 5.30. The van der Waals surface area contributed by atoms with Crippen LogP contribution in [0.15, 0.2) is 28.9 Å². The molecule has 0 saturated heterocycles. The molecule has 5 heteroatoms. The van der Waals surface area contributed by atoms with Gasteiger partial charge in [0.2, 0.25) is 0 Å². The van der Waals surface area contributed by atoms with Crippen LogP contribution >= 0.6 is 0 Å². The molecule has 0 spiro atoms. The summed E-state index contributed by atoms with van der Waals surface area (Å²) >= 11 is 0. The molecular formula is C12H15N3O2. The van der Waals surface area contributed by atoms with E-state index in [1.165, 1.54) is 5.56 Å². The van der Waals surface area contributed by atoms with Gasteiger partial charge in [0.25, 0.3) is 0 Å². The first-order valence-corrected chi connectivity index (χ1v) is 5.52. The van der Waals surface area contributed by atoms with Gasteiger partial charge in [-0.15, -0.1) is 0 Å². The fraction of sp³-hybridized carbons (Fsp3) is 0.333. The highest BCUT2D eigenvalue weighted by Crippen LogP contribution is 2.12. The number of nitrogens with zero attached hydrogens (tertiary/aromatic N) is 2. The van der Waals surface area contributed by atoms with Gasteiger partial charge in [-0.1, -0.05) is 22.9 Å². The first-order valence-electron chi connectivity index (χ1n) is 5.52. The number of hydrogen-bond donors (Lipinski definition) is 1. The van der Waals surface area contributed by atoms with Crippen LogP contribution in [0.3, 0.4) is 0 Å². The van der Waals surface area contributed by atoms with Crippen molar-refractivity contribution in [3.8, 4) is 5.75 Å². The van der Waals surface area contributed by atoms with Gasteiger partial charge in [0, 0.05) is 6.42 Å². The quantitative estimate of drug-likeness (QED) is 0.799. The van der Waals surface area contributed by atoms with Gasteiger partial charge in [-0.25, -0.2) is 4.63 Å². The molecule has 90 valence electrons. The summed E-state index contributed by atoms with van der Waals surface area (Å²) in [6, 6.07) is 7.96. The minimum Gasteiger partial charge on any atom is -0.494 e. The van der Waals surface area contributed by atoms with Gasteiger partial charge < -0.3 is 10.5 Å². The Kier molecular flexibility index (Phi) is 3.59. The monoisotopic (exact) mass is 233 g/mol. The molecule has 0 atom stereocenters. The number of benzene rings is 1. The summed E-state index contributed by atoms with van der Waals surface area (Å²) in [5.74, 6) is 1.24. The average molecular weight is 233 g/mol. The molecule has 0 aliphatic carbocycles. The molecule has 2 N–H and O–H groups in total. The van der Waals surface area contributed by atoms with E-state index in [2.05, 4.69) is 14.9 Å². The summed E-state index contributed by atoms with van der Waals surface area (Å²) in [5.41, 5.74) is 7.46. The normalized spacial score (nSPS) is 10.4. The number of nitrogens with two attached hydrogens (primary N) is 1. The standard InChI is InChI=1S/C12H15N3O2/c1-9-4-6-10(7-5-9)16-8-2-3-11-12(13)15-17-14-11/h4-7H,2-3,8H2,1H3,(H2,13,15). The lowest BCUT2D eigenvalue weighted by Gasteiger charge is -2.05. The number of anilines is 1. The van der Waals surface area contributed by atoms with Crippen LogP contribution in [0.4, 0.5) is 5.82 Å². The van der Waals surface area contributed by atoms with E-state index in [9.17, 15) is 0 Å². The molecule has 17 heavy (non-hydrogen) atoms. The second-order valence-electron chi connectivity index (χ2n) is 3.86. The molecule has 0 fully saturated rings. The lowest BCUT2D eigenvalue weighted by molar-refractivity contribution is 0.296. The van der Waals surface area contributed by atoms with Gasteiger partial charge in [0.05, 0.1) is 6.61 Å². The highest BCUT2D eigenvalue weighted by atomic mass is 16.6. The Morgan fingerprint density at radius 2 is 2.00 bits per heavy atom. The van der Waals surface area contributed by atoms with Crippen molar-refractivity contribution >= 4 is 5.82 Å². The number of aromatic nitrogens is 2. The molecule has 1 heterocycles. The summed E-state index contributed by atoms with van der Waals surface area (Å²) in [4.78, 5) is 0. The molecule has 0 saturated carbocycles. The molecule has 5 nitrogen and oxygen atoms in total. The van der Waals surface area contributed by atoms with E-state index >= 15 is 0 Å². The van der Waals surface area contributed by atoms with Crippen LogP contribution in [0.25, 0.3) is 0 Å². The second kappa shape index (κ2) is 5.34. The maximum absolute atomic E-state index is 5.58. The van der Waals surface area contributed by atoms with Gasteiger partial charge in [0.15, 0.2) is 5.82 Å². The van der Waals surface area contributed by atoms with Gasteiger partial charge in [-0.3, -0.25) is 0 Å². The van der Waals surface area contributed by atoms with Crippen LogP contribution in [0.1, 0.15) is 17.7 Å². The third kappa shape index (κ3) is 3.21. The van der Waals surface area contributed by atoms with E-state index < -0.39 is 0 Å². The third-order valence-electron chi connectivity index (χ3n) is 2.43. The van der Waals surface area contributed by atoms with E-state index in [0.717, 1.165) is 12.2 Å². The van der Waals surface area contributed by atoms with Gasteiger partial charge in [0.1, 0.15) is 11.4 Å². The minimum absolute atomic E-state index is 0.361. The van der Waals surface area contributed by atoms with Crippen LogP contribution in [0.2, 0.25) is 0 Å². The Morgan fingerprint density at radius 1 is 1.24 bits per heavy atom. The van der Waals surface area contributed by atoms with Crippen molar-refractivity contribution in [2.24, 2.45) is 0 Å². The fourth-order valence-corrected chi connectivity index (χ4v) is 1.45. The predicted molar refractivity (Wildman–Crippen MR) is 63.7 cm³/mol. The Balaban J connectivity index is 1.73. The fourth-order valence-electron chi connectivity index (χ4n) is 1.45. The summed E-state index contributed by atoms with van der Waals surface area (Å²) in [5, 5.41) is 7.22. The number of rotatable bonds is 5. The smallest absolute Gasteiger partial charge is 0.191 e. The van der Waals surface area contributed by atoms with Crippen molar-refractivity contribution in [3.05, 3.63) is 35.5 Å². The minimum atomic E-state index is 0.361. The van der Waals surface area contributed by atoms with Gasteiger partial charge >= 0.3 is 0 Å². The summed E-state index contributed by atoms with van der Waals surface area (Å²) in [6.07, 6.45) is 1.54. The van der Waals surface area contributed by atoms with E-state index in [4.69, 9.17) is 10.5 Å². The molecular weight excluding hydrogens is 218 g/mol. The van der Waals surface area contributed by atoms with Crippen molar-refractivity contribution < 1.29 is 9.37 Å². The number of aryl methyl sites for hydroxylation is 2. The second-order valence-corrected chi connectivity index (χ2v) is 3.86. The van der Waals surface area contributed by atoms with Gasteiger partial charge in [-0.05, 0) is 30.6 Å². The third-order valence-corrected chi connectivity index (χ3v) is 2.43. The zero-order valence-electron chi connectivity index (χ0n) is 9.72. The van der Waals surface area contributed by atoms with Crippen molar-refractivity contribution in [1.29, 1.82) is 0 Å². The molecule has 0 radical (unpaired) electrons. The van der Waals surface area contributed by atoms with E-state index in [1.54, 1.807) is 0 Å². The number of ether oxygens (including phenoxy) is 1. The average Bonchev–Trinajstić information content (AvgIpc) is 2.73. The first-order chi connectivity index (χ1) is 8.25. The van der Waals surface area contributed by atoms with Crippen LogP contribution < -0.4 is 10.5 Å². The molecule has 0 aliphatic rings. The van der Waals surface area contributed by atoms with Crippen LogP contribution in [0.5, 0.6) is 5.75 Å². The highest BCUT2D eigenvalue weighted by Gasteiger charge is 2.05. The molecule has 0 amide bonds. The Labute approximate surface area is 99.5 Å². The van der Waals surface area contributed by atoms with Crippen LogP contribution in [0, 0.1) is 6.92 Å². The zero-order chi connectivity index (χ0) is 12.1. The molecule has 2 aromatic rings. The van der Waals surface area contributed by atoms with Crippen molar-refractivity contribution in [2.45, 2.75) is 19.8 Å². The predicted octanol–water partition coefficient (Wildman–Crippen LogP) is 1.97. The molecule has 0 unspecified atom stereocenters. The Bertz CT molecular complexity index is 465. The van der Waals surface area contributed by atoms with Crippen molar-refractivity contribution in [2.75, 3.05) is 12.3 Å². The largest absolute Gasteiger partial charge is 0.494 e.